The Hall–Kier alpha value is -3.35. The molecular weight excluding hydrogens is 373 g/mol. The summed E-state index contributed by atoms with van der Waals surface area (Å²) in [6.07, 6.45) is 4.94. The zero-order valence-corrected chi connectivity index (χ0v) is 15.8. The lowest BCUT2D eigenvalue weighted by atomic mass is 10.0. The molecule has 0 saturated carbocycles. The summed E-state index contributed by atoms with van der Waals surface area (Å²) in [4.78, 5) is 17.0. The van der Waals surface area contributed by atoms with Crippen molar-refractivity contribution in [3.63, 3.8) is 0 Å². The lowest BCUT2D eigenvalue weighted by Gasteiger charge is -2.21. The summed E-state index contributed by atoms with van der Waals surface area (Å²) in [5.74, 6) is 0.224. The number of hydrogen-bond acceptors (Lipinski definition) is 4. The maximum absolute atomic E-state index is 14.1. The number of nitrogens with zero attached hydrogens (tertiary/aromatic N) is 1. The van der Waals surface area contributed by atoms with E-state index in [0.29, 0.717) is 37.3 Å². The molecule has 150 valence electrons. The van der Waals surface area contributed by atoms with Crippen LogP contribution >= 0.6 is 0 Å². The van der Waals surface area contributed by atoms with Crippen LogP contribution in [0.15, 0.2) is 65.4 Å². The highest BCUT2D eigenvalue weighted by Crippen LogP contribution is 2.33. The minimum absolute atomic E-state index is 0.212. The Morgan fingerprint density at radius 2 is 2.07 bits per heavy atom. The molecule has 0 aliphatic carbocycles. The number of carbonyl (C=O) groups is 1. The van der Waals surface area contributed by atoms with Crippen molar-refractivity contribution in [3.8, 4) is 5.75 Å². The number of halogens is 1. The van der Waals surface area contributed by atoms with E-state index in [1.807, 2.05) is 30.3 Å². The van der Waals surface area contributed by atoms with E-state index in [2.05, 4.69) is 15.6 Å². The van der Waals surface area contributed by atoms with Crippen LogP contribution in [-0.4, -0.2) is 17.6 Å². The van der Waals surface area contributed by atoms with E-state index in [0.717, 1.165) is 5.56 Å². The number of ether oxygens (including phenoxy) is 1. The summed E-state index contributed by atoms with van der Waals surface area (Å²) < 4.78 is 25.1. The molecule has 0 saturated heterocycles. The normalized spacial score (nSPS) is 16.8. The lowest BCUT2D eigenvalue weighted by Crippen LogP contribution is -2.40. The molecule has 2 N–H and O–H groups in total. The smallest absolute Gasteiger partial charge is 0.315 e. The first kappa shape index (κ1) is 19.0. The minimum atomic E-state index is -0.429. The predicted octanol–water partition coefficient (Wildman–Crippen LogP) is 4.31. The van der Waals surface area contributed by atoms with E-state index in [9.17, 15) is 9.18 Å². The number of carbonyl (C=O) groups excluding carboxylic acids is 1. The van der Waals surface area contributed by atoms with Gasteiger partial charge in [0.05, 0.1) is 18.8 Å². The molecule has 2 aromatic carbocycles. The Labute approximate surface area is 168 Å². The second-order valence-corrected chi connectivity index (χ2v) is 6.93. The van der Waals surface area contributed by atoms with E-state index >= 15 is 0 Å². The summed E-state index contributed by atoms with van der Waals surface area (Å²) >= 11 is 0. The molecule has 1 aliphatic rings. The molecule has 6 nitrogen and oxygen atoms in total. The van der Waals surface area contributed by atoms with Crippen LogP contribution in [-0.2, 0) is 6.42 Å². The van der Waals surface area contributed by atoms with Gasteiger partial charge in [-0.3, -0.25) is 0 Å². The van der Waals surface area contributed by atoms with Crippen molar-refractivity contribution in [1.29, 1.82) is 0 Å². The number of urea groups is 1. The van der Waals surface area contributed by atoms with Crippen molar-refractivity contribution in [3.05, 3.63) is 83.8 Å². The molecule has 1 aliphatic heterocycles. The summed E-state index contributed by atoms with van der Waals surface area (Å²) in [6, 6.07) is 13.4. The number of hydrogen-bond donors (Lipinski definition) is 2. The van der Waals surface area contributed by atoms with Gasteiger partial charge in [-0.1, -0.05) is 42.5 Å². The van der Waals surface area contributed by atoms with Gasteiger partial charge in [0.2, 0.25) is 5.89 Å². The van der Waals surface area contributed by atoms with Crippen LogP contribution in [0.3, 0.4) is 0 Å². The molecule has 4 rings (SSSR count). The van der Waals surface area contributed by atoms with Gasteiger partial charge in [0.25, 0.3) is 0 Å². The topological polar surface area (TPSA) is 76.4 Å². The number of aromatic nitrogens is 1. The summed E-state index contributed by atoms with van der Waals surface area (Å²) in [7, 11) is 0. The number of amides is 2. The SMILES string of the molecule is O=C(NC(Cc1ccccc1)c1ncco1)NC1CCCOc2c(F)cccc21. The lowest BCUT2D eigenvalue weighted by molar-refractivity contribution is 0.229. The molecule has 0 fully saturated rings. The van der Waals surface area contributed by atoms with Crippen molar-refractivity contribution in [2.75, 3.05) is 6.61 Å². The van der Waals surface area contributed by atoms with Crippen LogP contribution in [0, 0.1) is 5.82 Å². The highest BCUT2D eigenvalue weighted by Gasteiger charge is 2.26. The maximum Gasteiger partial charge on any atom is 0.315 e. The Morgan fingerprint density at radius 1 is 1.21 bits per heavy atom. The van der Waals surface area contributed by atoms with Crippen molar-refractivity contribution in [2.24, 2.45) is 0 Å². The molecule has 2 heterocycles. The second-order valence-electron chi connectivity index (χ2n) is 6.93. The van der Waals surface area contributed by atoms with Crippen molar-refractivity contribution in [2.45, 2.75) is 31.3 Å². The quantitative estimate of drug-likeness (QED) is 0.675. The number of nitrogens with one attached hydrogen (secondary N) is 2. The Morgan fingerprint density at radius 3 is 2.86 bits per heavy atom. The fourth-order valence-corrected chi connectivity index (χ4v) is 3.53. The second kappa shape index (κ2) is 8.77. The molecule has 7 heteroatoms. The van der Waals surface area contributed by atoms with Gasteiger partial charge in [-0.2, -0.15) is 0 Å². The van der Waals surface area contributed by atoms with Gasteiger partial charge in [-0.15, -0.1) is 0 Å². The first-order valence-corrected chi connectivity index (χ1v) is 9.62. The molecule has 3 aromatic rings. The largest absolute Gasteiger partial charge is 0.490 e. The Bertz CT molecular complexity index is 947. The van der Waals surface area contributed by atoms with Gasteiger partial charge in [-0.05, 0) is 24.5 Å². The number of oxazole rings is 1. The Balaban J connectivity index is 1.49. The third-order valence-electron chi connectivity index (χ3n) is 4.90. The molecular formula is C22H22FN3O3. The van der Waals surface area contributed by atoms with Crippen molar-refractivity contribution >= 4 is 6.03 Å². The van der Waals surface area contributed by atoms with Gasteiger partial charge in [0.15, 0.2) is 11.6 Å². The molecule has 2 atom stereocenters. The van der Waals surface area contributed by atoms with Gasteiger partial charge in [-0.25, -0.2) is 14.2 Å². The van der Waals surface area contributed by atoms with Crippen molar-refractivity contribution in [1.82, 2.24) is 15.6 Å². The zero-order chi connectivity index (χ0) is 20.1. The number of fused-ring (bicyclic) bond motifs is 1. The van der Waals surface area contributed by atoms with Gasteiger partial charge >= 0.3 is 6.03 Å². The molecule has 1 aromatic heterocycles. The third-order valence-corrected chi connectivity index (χ3v) is 4.90. The van der Waals surface area contributed by atoms with Gasteiger partial charge in [0, 0.05) is 12.0 Å². The standard InChI is InChI=1S/C22H22FN3O3/c23-17-9-4-8-16-18(10-5-12-28-20(16)17)25-22(27)26-19(21-24-11-13-29-21)14-15-6-2-1-3-7-15/h1-4,6-9,11,13,18-19H,5,10,12,14H2,(H2,25,26,27). The molecule has 2 amide bonds. The predicted molar refractivity (Wildman–Crippen MR) is 105 cm³/mol. The van der Waals surface area contributed by atoms with Crippen LogP contribution < -0.4 is 15.4 Å². The highest BCUT2D eigenvalue weighted by atomic mass is 19.1. The van der Waals surface area contributed by atoms with E-state index in [1.165, 1.54) is 12.3 Å². The summed E-state index contributed by atoms with van der Waals surface area (Å²) in [6.45, 7) is 0.417. The van der Waals surface area contributed by atoms with Crippen LogP contribution in [0.1, 0.15) is 41.9 Å². The van der Waals surface area contributed by atoms with Crippen LogP contribution in [0.5, 0.6) is 5.75 Å². The van der Waals surface area contributed by atoms with Crippen LogP contribution in [0.2, 0.25) is 0 Å². The average Bonchev–Trinajstić information content (AvgIpc) is 3.19. The average molecular weight is 395 g/mol. The van der Waals surface area contributed by atoms with Gasteiger partial charge in [0.1, 0.15) is 12.3 Å². The van der Waals surface area contributed by atoms with Gasteiger partial charge < -0.3 is 19.8 Å². The third kappa shape index (κ3) is 4.56. The summed E-state index contributed by atoms with van der Waals surface area (Å²) in [5.41, 5.74) is 1.69. The highest BCUT2D eigenvalue weighted by molar-refractivity contribution is 5.75. The van der Waals surface area contributed by atoms with E-state index in [-0.39, 0.29) is 17.8 Å². The van der Waals surface area contributed by atoms with Crippen LogP contribution in [0.25, 0.3) is 0 Å². The zero-order valence-electron chi connectivity index (χ0n) is 15.8. The summed E-state index contributed by atoms with van der Waals surface area (Å²) in [5, 5.41) is 5.89. The monoisotopic (exact) mass is 395 g/mol. The van der Waals surface area contributed by atoms with E-state index in [4.69, 9.17) is 9.15 Å². The number of rotatable bonds is 5. The number of benzene rings is 2. The van der Waals surface area contributed by atoms with E-state index in [1.54, 1.807) is 18.3 Å². The fraction of sp³-hybridized carbons (Fsp3) is 0.273. The molecule has 0 radical (unpaired) electrons. The van der Waals surface area contributed by atoms with E-state index < -0.39 is 11.9 Å². The molecule has 0 spiro atoms. The minimum Gasteiger partial charge on any atom is -0.490 e. The number of para-hydroxylation sites is 1. The molecule has 0 bridgehead atoms. The van der Waals surface area contributed by atoms with Crippen LogP contribution in [0.4, 0.5) is 9.18 Å². The first-order valence-electron chi connectivity index (χ1n) is 9.62. The Kier molecular flexibility index (Phi) is 5.74. The van der Waals surface area contributed by atoms with Crippen molar-refractivity contribution < 1.29 is 18.3 Å². The fourth-order valence-electron chi connectivity index (χ4n) is 3.53. The first-order chi connectivity index (χ1) is 14.2. The maximum atomic E-state index is 14.1. The molecule has 29 heavy (non-hydrogen) atoms. The molecule has 2 unspecified atom stereocenters.